The third-order valence-electron chi connectivity index (χ3n) is 5.80. The summed E-state index contributed by atoms with van der Waals surface area (Å²) >= 11 is 0.975. The molecule has 3 atom stereocenters. The minimum absolute atomic E-state index is 0.0620. The van der Waals surface area contributed by atoms with Gasteiger partial charge in [-0.15, -0.1) is 11.3 Å². The average Bonchev–Trinajstić information content (AvgIpc) is 3.36. The third-order valence-corrected chi connectivity index (χ3v) is 6.79. The highest BCUT2D eigenvalue weighted by molar-refractivity contribution is 7.14. The van der Waals surface area contributed by atoms with Gasteiger partial charge < -0.3 is 15.1 Å². The second-order valence-corrected chi connectivity index (χ2v) is 9.49. The predicted molar refractivity (Wildman–Crippen MR) is 127 cm³/mol. The third kappa shape index (κ3) is 6.75. The number of benzene rings is 1. The van der Waals surface area contributed by atoms with Gasteiger partial charge in [0.1, 0.15) is 4.88 Å². The number of aliphatic hydroxyl groups is 1. The van der Waals surface area contributed by atoms with Crippen molar-refractivity contribution in [3.8, 4) is 11.8 Å². The summed E-state index contributed by atoms with van der Waals surface area (Å²) in [6, 6.07) is 12.1. The fourth-order valence-corrected chi connectivity index (χ4v) is 4.51. The van der Waals surface area contributed by atoms with Crippen molar-refractivity contribution >= 4 is 23.2 Å². The van der Waals surface area contributed by atoms with Gasteiger partial charge in [-0.3, -0.25) is 4.79 Å². The van der Waals surface area contributed by atoms with Crippen LogP contribution >= 0.6 is 11.3 Å². The zero-order valence-electron chi connectivity index (χ0n) is 18.8. The van der Waals surface area contributed by atoms with Crippen molar-refractivity contribution in [3.05, 3.63) is 69.9 Å². The minimum Gasteiger partial charge on any atom is -0.477 e. The monoisotopic (exact) mass is 487 g/mol. The maximum absolute atomic E-state index is 14.1. The first-order valence-electron chi connectivity index (χ1n) is 11.1. The predicted octanol–water partition coefficient (Wildman–Crippen LogP) is 4.61. The van der Waals surface area contributed by atoms with Crippen molar-refractivity contribution in [2.45, 2.75) is 50.7 Å². The number of hydrogen-bond acceptors (Lipinski definition) is 4. The molecule has 0 aliphatic carbocycles. The number of aryl methyl sites for hydroxylation is 1. The number of likely N-dealkylation sites (tertiary alicyclic amines) is 1. The van der Waals surface area contributed by atoms with E-state index in [9.17, 15) is 23.5 Å². The van der Waals surface area contributed by atoms with Crippen LogP contribution in [0.2, 0.25) is 0 Å². The van der Waals surface area contributed by atoms with Crippen LogP contribution in [-0.2, 0) is 11.2 Å². The maximum Gasteiger partial charge on any atom is 0.345 e. The summed E-state index contributed by atoms with van der Waals surface area (Å²) in [6.07, 6.45) is 4.04. The number of aliphatic hydroxyl groups excluding tert-OH is 1. The minimum atomic E-state index is -3.48. The first kappa shape index (κ1) is 25.6. The van der Waals surface area contributed by atoms with E-state index in [1.807, 2.05) is 25.1 Å². The molecule has 0 radical (unpaired) electrons. The number of aromatic carboxylic acids is 1. The number of rotatable bonds is 9. The van der Waals surface area contributed by atoms with Crippen molar-refractivity contribution in [1.82, 2.24) is 4.90 Å². The van der Waals surface area contributed by atoms with E-state index in [2.05, 4.69) is 24.0 Å². The molecule has 2 aromatic rings. The number of carboxylic acid groups (broad SMARTS) is 1. The average molecular weight is 488 g/mol. The van der Waals surface area contributed by atoms with Gasteiger partial charge in [-0.2, -0.15) is 8.78 Å². The number of carboxylic acids is 1. The smallest absolute Gasteiger partial charge is 0.345 e. The Kier molecular flexibility index (Phi) is 8.59. The molecule has 2 N–H and O–H groups in total. The van der Waals surface area contributed by atoms with E-state index >= 15 is 0 Å². The molecule has 1 aliphatic heterocycles. The molecule has 0 bridgehead atoms. The molecule has 0 spiro atoms. The fraction of sp³-hybridized carbons (Fsp3) is 0.385. The van der Waals surface area contributed by atoms with E-state index in [1.165, 1.54) is 29.8 Å². The second-order valence-electron chi connectivity index (χ2n) is 8.41. The van der Waals surface area contributed by atoms with E-state index in [1.54, 1.807) is 0 Å². The largest absolute Gasteiger partial charge is 0.477 e. The number of halogens is 2. The molecule has 1 amide bonds. The Morgan fingerprint density at radius 2 is 2.03 bits per heavy atom. The quantitative estimate of drug-likeness (QED) is 0.400. The molecular weight excluding hydrogens is 460 g/mol. The lowest BCUT2D eigenvalue weighted by Crippen LogP contribution is -2.36. The normalized spacial score (nSPS) is 19.1. The second kappa shape index (κ2) is 11.4. The Hall–Kier alpha value is -3.02. The number of amides is 1. The maximum atomic E-state index is 14.1. The molecule has 8 heteroatoms. The fourth-order valence-electron chi connectivity index (χ4n) is 3.79. The molecular formula is C26H27F2NO4S. The molecule has 1 fully saturated rings. The summed E-state index contributed by atoms with van der Waals surface area (Å²) in [4.78, 5) is 24.7. The Bertz CT molecular complexity index is 1090. The van der Waals surface area contributed by atoms with E-state index < -0.39 is 36.4 Å². The summed E-state index contributed by atoms with van der Waals surface area (Å²) in [5, 5.41) is 19.4. The van der Waals surface area contributed by atoms with Gasteiger partial charge in [-0.1, -0.05) is 61.2 Å². The van der Waals surface area contributed by atoms with Gasteiger partial charge in [0.25, 0.3) is 5.91 Å². The van der Waals surface area contributed by atoms with Gasteiger partial charge in [0.2, 0.25) is 0 Å². The van der Waals surface area contributed by atoms with E-state index in [0.29, 0.717) is 4.88 Å². The number of hydrogen-bond donors (Lipinski definition) is 2. The molecule has 1 aromatic carbocycles. The van der Waals surface area contributed by atoms with E-state index in [0.717, 1.165) is 35.5 Å². The first-order chi connectivity index (χ1) is 16.2. The molecule has 180 valence electrons. The van der Waals surface area contributed by atoms with Gasteiger partial charge >= 0.3 is 11.9 Å². The molecule has 1 aromatic heterocycles. The highest BCUT2D eigenvalue weighted by atomic mass is 32.1. The van der Waals surface area contributed by atoms with Crippen molar-refractivity contribution < 1.29 is 28.6 Å². The highest BCUT2D eigenvalue weighted by Gasteiger charge is 2.52. The zero-order chi connectivity index (χ0) is 24.7. The van der Waals surface area contributed by atoms with Crippen LogP contribution in [0.3, 0.4) is 0 Å². The SMILES string of the molecule is C[C@@H](CCCc1ccccc1)[C@H](O)/C=C/[C@H]1CC(F)(F)C(=O)N1CC#Cc1ccc(C(=O)O)s1. The summed E-state index contributed by atoms with van der Waals surface area (Å²) in [5.74, 6) is -0.484. The van der Waals surface area contributed by atoms with Crippen molar-refractivity contribution in [3.63, 3.8) is 0 Å². The number of carbonyl (C=O) groups is 2. The van der Waals surface area contributed by atoms with Gasteiger partial charge in [0.05, 0.1) is 23.6 Å². The molecule has 0 unspecified atom stereocenters. The van der Waals surface area contributed by atoms with Crippen molar-refractivity contribution in [1.29, 1.82) is 0 Å². The molecule has 2 heterocycles. The number of carbonyl (C=O) groups excluding carboxylic acids is 1. The lowest BCUT2D eigenvalue weighted by molar-refractivity contribution is -0.147. The van der Waals surface area contributed by atoms with Gasteiger partial charge in [0.15, 0.2) is 0 Å². The molecule has 1 saturated heterocycles. The molecule has 0 saturated carbocycles. The van der Waals surface area contributed by atoms with E-state index in [-0.39, 0.29) is 17.3 Å². The Labute approximate surface area is 201 Å². The summed E-state index contributed by atoms with van der Waals surface area (Å²) in [7, 11) is 0. The Morgan fingerprint density at radius 1 is 1.29 bits per heavy atom. The van der Waals surface area contributed by atoms with Gasteiger partial charge in [0, 0.05) is 6.42 Å². The Balaban J connectivity index is 1.57. The van der Waals surface area contributed by atoms with E-state index in [4.69, 9.17) is 5.11 Å². The van der Waals surface area contributed by atoms with Crippen LogP contribution in [0.15, 0.2) is 54.6 Å². The lowest BCUT2D eigenvalue weighted by atomic mass is 9.95. The topological polar surface area (TPSA) is 77.8 Å². The molecule has 1 aliphatic rings. The summed E-state index contributed by atoms with van der Waals surface area (Å²) in [5.41, 5.74) is 1.23. The molecule has 3 rings (SSSR count). The molecule has 5 nitrogen and oxygen atoms in total. The van der Waals surface area contributed by atoms with Gasteiger partial charge in [-0.25, -0.2) is 4.79 Å². The van der Waals surface area contributed by atoms with Crippen LogP contribution in [0.4, 0.5) is 8.78 Å². The number of thiophene rings is 1. The number of nitrogens with zero attached hydrogens (tertiary/aromatic N) is 1. The van der Waals surface area contributed by atoms with Crippen LogP contribution < -0.4 is 0 Å². The van der Waals surface area contributed by atoms with Crippen LogP contribution in [0.5, 0.6) is 0 Å². The lowest BCUT2D eigenvalue weighted by Gasteiger charge is -2.20. The van der Waals surface area contributed by atoms with Crippen molar-refractivity contribution in [2.24, 2.45) is 5.92 Å². The summed E-state index contributed by atoms with van der Waals surface area (Å²) < 4.78 is 28.2. The summed E-state index contributed by atoms with van der Waals surface area (Å²) in [6.45, 7) is 1.69. The van der Waals surface area contributed by atoms with Crippen LogP contribution in [0.25, 0.3) is 0 Å². The zero-order valence-corrected chi connectivity index (χ0v) is 19.6. The Morgan fingerprint density at radius 3 is 2.71 bits per heavy atom. The van der Waals surface area contributed by atoms with Crippen LogP contribution in [-0.4, -0.2) is 51.6 Å². The van der Waals surface area contributed by atoms with Gasteiger partial charge in [-0.05, 0) is 42.9 Å². The van der Waals surface area contributed by atoms with Crippen molar-refractivity contribution in [2.75, 3.05) is 6.54 Å². The van der Waals surface area contributed by atoms with Crippen LogP contribution in [0, 0.1) is 17.8 Å². The standard InChI is InChI=1S/C26H27F2NO4S/c1-18(7-5-10-19-8-3-2-4-9-19)22(30)14-12-20-17-26(27,28)25(33)29(20)16-6-11-21-13-15-23(34-21)24(31)32/h2-4,8-9,12-15,18,20,22,30H,5,7,10,16-17H2,1H3,(H,31,32)/b14-12+/t18-,20-,22+/m0/s1. The first-order valence-corrected chi connectivity index (χ1v) is 11.9. The van der Waals surface area contributed by atoms with Crippen LogP contribution in [0.1, 0.15) is 46.3 Å². The highest BCUT2D eigenvalue weighted by Crippen LogP contribution is 2.34. The number of alkyl halides is 2. The molecule has 34 heavy (non-hydrogen) atoms.